The van der Waals surface area contributed by atoms with E-state index in [0.717, 1.165) is 13.2 Å². The van der Waals surface area contributed by atoms with Gasteiger partial charge in [0.15, 0.2) is 5.60 Å². The molecule has 0 saturated heterocycles. The number of ether oxygens (including phenoxy) is 1. The number of carbonyl (C=O) groups is 3. The van der Waals surface area contributed by atoms with Crippen LogP contribution in [-0.2, 0) is 24.7 Å². The Hall–Kier alpha value is -2.81. The topological polar surface area (TPSA) is 136 Å². The zero-order valence-electron chi connectivity index (χ0n) is 11.5. The van der Waals surface area contributed by atoms with Gasteiger partial charge in [-0.3, -0.25) is 24.5 Å². The fourth-order valence-corrected chi connectivity index (χ4v) is 2.20. The molecular weight excluding hydrogens is 296 g/mol. The number of aliphatic hydroxyl groups is 1. The van der Waals surface area contributed by atoms with Gasteiger partial charge in [-0.1, -0.05) is 0 Å². The van der Waals surface area contributed by atoms with E-state index in [1.165, 1.54) is 12.1 Å². The Bertz CT molecular complexity index is 685. The minimum atomic E-state index is -2.24. The predicted molar refractivity (Wildman–Crippen MR) is 71.9 cm³/mol. The van der Waals surface area contributed by atoms with E-state index in [9.17, 15) is 29.6 Å². The minimum absolute atomic E-state index is 0.0649. The van der Waals surface area contributed by atoms with Gasteiger partial charge in [-0.05, 0) is 6.07 Å². The summed E-state index contributed by atoms with van der Waals surface area (Å²) in [5.74, 6) is -2.39. The van der Waals surface area contributed by atoms with E-state index in [0.29, 0.717) is 0 Å². The average Bonchev–Trinajstić information content (AvgIpc) is 2.69. The van der Waals surface area contributed by atoms with Crippen LogP contribution in [0.4, 0.5) is 11.4 Å². The van der Waals surface area contributed by atoms with Gasteiger partial charge < -0.3 is 15.2 Å². The second-order valence-corrected chi connectivity index (χ2v) is 4.77. The Kier molecular flexibility index (Phi) is 3.91. The Labute approximate surface area is 124 Å². The Morgan fingerprint density at radius 1 is 1.45 bits per heavy atom. The molecule has 22 heavy (non-hydrogen) atoms. The highest BCUT2D eigenvalue weighted by molar-refractivity contribution is 6.08. The van der Waals surface area contributed by atoms with E-state index >= 15 is 0 Å². The van der Waals surface area contributed by atoms with E-state index < -0.39 is 41.0 Å². The number of hydrogen-bond donors (Lipinski definition) is 2. The molecular formula is C13H12N2O7. The first-order chi connectivity index (χ1) is 10.3. The lowest BCUT2D eigenvalue weighted by Gasteiger charge is -2.19. The maximum absolute atomic E-state index is 11.9. The van der Waals surface area contributed by atoms with Crippen molar-refractivity contribution in [3.05, 3.63) is 33.9 Å². The molecule has 1 aromatic rings. The molecule has 0 fully saturated rings. The first kappa shape index (κ1) is 15.6. The van der Waals surface area contributed by atoms with Crippen LogP contribution in [0.1, 0.15) is 18.4 Å². The number of nitrogens with one attached hydrogen (secondary N) is 1. The van der Waals surface area contributed by atoms with Crippen molar-refractivity contribution in [2.24, 2.45) is 0 Å². The van der Waals surface area contributed by atoms with E-state index in [1.54, 1.807) is 0 Å². The van der Waals surface area contributed by atoms with Gasteiger partial charge in [-0.25, -0.2) is 0 Å². The number of nitrogens with zero attached hydrogens (tertiary/aromatic N) is 1. The number of ketones is 1. The number of esters is 1. The summed E-state index contributed by atoms with van der Waals surface area (Å²) in [5, 5.41) is 23.6. The number of nitro benzene ring substituents is 1. The number of Topliss-reactive ketones (excluding diaryl/α,β-unsaturated/α-hetero) is 1. The second kappa shape index (κ2) is 5.53. The SMILES string of the molecule is COC(=O)CC(=O)CC1(O)C(=O)Nc2ccc([N+](=O)[O-])cc21. The maximum atomic E-state index is 11.9. The van der Waals surface area contributed by atoms with Crippen molar-refractivity contribution in [1.82, 2.24) is 0 Å². The normalized spacial score (nSPS) is 19.3. The Morgan fingerprint density at radius 3 is 2.73 bits per heavy atom. The minimum Gasteiger partial charge on any atom is -0.469 e. The predicted octanol–water partition coefficient (Wildman–Crippen LogP) is 0.257. The number of hydrogen-bond acceptors (Lipinski definition) is 7. The first-order valence-corrected chi connectivity index (χ1v) is 6.19. The highest BCUT2D eigenvalue weighted by Crippen LogP contribution is 2.40. The van der Waals surface area contributed by atoms with Crippen LogP contribution in [0.2, 0.25) is 0 Å². The van der Waals surface area contributed by atoms with Gasteiger partial charge in [-0.2, -0.15) is 0 Å². The van der Waals surface area contributed by atoms with Crippen molar-refractivity contribution in [2.45, 2.75) is 18.4 Å². The summed E-state index contributed by atoms with van der Waals surface area (Å²) in [6.45, 7) is 0. The number of nitro groups is 1. The summed E-state index contributed by atoms with van der Waals surface area (Å²) in [5.41, 5.74) is -2.45. The van der Waals surface area contributed by atoms with E-state index in [-0.39, 0.29) is 16.9 Å². The number of methoxy groups -OCH3 is 1. The van der Waals surface area contributed by atoms with Crippen LogP contribution in [0.25, 0.3) is 0 Å². The molecule has 0 spiro atoms. The average molecular weight is 308 g/mol. The number of rotatable bonds is 5. The number of fused-ring (bicyclic) bond motifs is 1. The first-order valence-electron chi connectivity index (χ1n) is 6.19. The van der Waals surface area contributed by atoms with Crippen molar-refractivity contribution in [3.63, 3.8) is 0 Å². The van der Waals surface area contributed by atoms with Crippen LogP contribution >= 0.6 is 0 Å². The maximum Gasteiger partial charge on any atom is 0.313 e. The number of carbonyl (C=O) groups excluding carboxylic acids is 3. The van der Waals surface area contributed by atoms with Gasteiger partial charge in [0, 0.05) is 29.8 Å². The Morgan fingerprint density at radius 2 is 2.14 bits per heavy atom. The smallest absolute Gasteiger partial charge is 0.313 e. The van der Waals surface area contributed by atoms with Gasteiger partial charge in [0.05, 0.1) is 12.0 Å². The summed E-state index contributed by atoms with van der Waals surface area (Å²) in [7, 11) is 1.10. The largest absolute Gasteiger partial charge is 0.469 e. The summed E-state index contributed by atoms with van der Waals surface area (Å²) in [6.07, 6.45) is -1.28. The Balaban J connectivity index is 2.33. The van der Waals surface area contributed by atoms with Gasteiger partial charge in [-0.15, -0.1) is 0 Å². The second-order valence-electron chi connectivity index (χ2n) is 4.77. The lowest BCUT2D eigenvalue weighted by Crippen LogP contribution is -2.37. The number of anilines is 1. The van der Waals surface area contributed by atoms with Crippen molar-refractivity contribution < 1.29 is 29.2 Å². The van der Waals surface area contributed by atoms with Crippen molar-refractivity contribution in [1.29, 1.82) is 0 Å². The monoisotopic (exact) mass is 308 g/mol. The molecule has 1 heterocycles. The van der Waals surface area contributed by atoms with E-state index in [1.807, 2.05) is 0 Å². The third kappa shape index (κ3) is 2.66. The molecule has 1 aliphatic rings. The van der Waals surface area contributed by atoms with Crippen molar-refractivity contribution in [2.75, 3.05) is 12.4 Å². The molecule has 1 unspecified atom stereocenters. The van der Waals surface area contributed by atoms with Gasteiger partial charge in [0.1, 0.15) is 12.2 Å². The lowest BCUT2D eigenvalue weighted by atomic mass is 9.89. The van der Waals surface area contributed by atoms with Crippen molar-refractivity contribution in [3.8, 4) is 0 Å². The summed E-state index contributed by atoms with van der Waals surface area (Å²) < 4.78 is 4.33. The summed E-state index contributed by atoms with van der Waals surface area (Å²) >= 11 is 0. The van der Waals surface area contributed by atoms with Gasteiger partial charge >= 0.3 is 5.97 Å². The fourth-order valence-electron chi connectivity index (χ4n) is 2.20. The summed E-state index contributed by atoms with van der Waals surface area (Å²) in [4.78, 5) is 44.9. The molecule has 2 N–H and O–H groups in total. The lowest BCUT2D eigenvalue weighted by molar-refractivity contribution is -0.385. The van der Waals surface area contributed by atoms with Crippen LogP contribution in [-0.4, -0.2) is 34.8 Å². The quantitative estimate of drug-likeness (QED) is 0.344. The number of non-ortho nitro benzene ring substituents is 1. The molecule has 0 radical (unpaired) electrons. The van der Waals surface area contributed by atoms with Crippen LogP contribution in [0.15, 0.2) is 18.2 Å². The molecule has 9 nitrogen and oxygen atoms in total. The van der Waals surface area contributed by atoms with E-state index in [2.05, 4.69) is 10.1 Å². The van der Waals surface area contributed by atoms with Gasteiger partial charge in [0.25, 0.3) is 11.6 Å². The molecule has 2 rings (SSSR count). The van der Waals surface area contributed by atoms with Crippen LogP contribution in [0.5, 0.6) is 0 Å². The molecule has 0 saturated carbocycles. The zero-order valence-corrected chi connectivity index (χ0v) is 11.5. The number of amides is 1. The van der Waals surface area contributed by atoms with Crippen LogP contribution in [0.3, 0.4) is 0 Å². The highest BCUT2D eigenvalue weighted by Gasteiger charge is 2.47. The third-order valence-corrected chi connectivity index (χ3v) is 3.31. The molecule has 1 aliphatic heterocycles. The standard InChI is InChI=1S/C13H12N2O7/c1-22-11(17)5-8(16)6-13(19)9-4-7(15(20)21)2-3-10(9)14-12(13)18/h2-4,19H,5-6H2,1H3,(H,14,18). The third-order valence-electron chi connectivity index (χ3n) is 3.31. The molecule has 1 atom stereocenters. The number of benzene rings is 1. The molecule has 9 heteroatoms. The molecule has 0 aliphatic carbocycles. The van der Waals surface area contributed by atoms with E-state index in [4.69, 9.17) is 0 Å². The van der Waals surface area contributed by atoms with Gasteiger partial charge in [0.2, 0.25) is 0 Å². The molecule has 1 aromatic carbocycles. The molecule has 1 amide bonds. The highest BCUT2D eigenvalue weighted by atomic mass is 16.6. The molecule has 0 aromatic heterocycles. The van der Waals surface area contributed by atoms with Crippen LogP contribution in [0, 0.1) is 10.1 Å². The molecule has 0 bridgehead atoms. The van der Waals surface area contributed by atoms with Crippen molar-refractivity contribution >= 4 is 29.0 Å². The zero-order chi connectivity index (χ0) is 16.5. The van der Waals surface area contributed by atoms with Crippen LogP contribution < -0.4 is 5.32 Å². The fraction of sp³-hybridized carbons (Fsp3) is 0.308. The summed E-state index contributed by atoms with van der Waals surface area (Å²) in [6, 6.07) is 3.47. The molecule has 116 valence electrons.